The lowest BCUT2D eigenvalue weighted by molar-refractivity contribution is 0.398. The zero-order valence-electron chi connectivity index (χ0n) is 16.0. The number of methoxy groups -OCH3 is 1. The number of nitrogens with zero attached hydrogens (tertiary/aromatic N) is 3. The highest BCUT2D eigenvalue weighted by molar-refractivity contribution is 7.90. The number of pyridine rings is 2. The number of nitrogens with one attached hydrogen (secondary N) is 1. The zero-order chi connectivity index (χ0) is 20.4. The number of benzene rings is 1. The fourth-order valence-electron chi connectivity index (χ4n) is 3.26. The van der Waals surface area contributed by atoms with E-state index in [1.807, 2.05) is 31.3 Å². The van der Waals surface area contributed by atoms with Gasteiger partial charge < -0.3 is 10.1 Å². The minimum atomic E-state index is -3.78. The third kappa shape index (κ3) is 3.48. The van der Waals surface area contributed by atoms with E-state index in [1.165, 1.54) is 10.2 Å². The molecule has 0 radical (unpaired) electrons. The van der Waals surface area contributed by atoms with E-state index < -0.39 is 10.0 Å². The van der Waals surface area contributed by atoms with Crippen LogP contribution in [0.25, 0.3) is 22.0 Å². The molecule has 0 atom stereocenters. The largest absolute Gasteiger partial charge is 0.481 e. The molecule has 0 saturated heterocycles. The Labute approximate surface area is 169 Å². The van der Waals surface area contributed by atoms with E-state index in [4.69, 9.17) is 4.74 Å². The molecule has 0 bridgehead atoms. The van der Waals surface area contributed by atoms with Gasteiger partial charge in [-0.15, -0.1) is 0 Å². The molecule has 0 unspecified atom stereocenters. The lowest BCUT2D eigenvalue weighted by atomic mass is 10.0. The third-order valence-corrected chi connectivity index (χ3v) is 6.35. The summed E-state index contributed by atoms with van der Waals surface area (Å²) < 4.78 is 33.0. The predicted octanol–water partition coefficient (Wildman–Crippen LogP) is 3.06. The molecule has 0 saturated carbocycles. The Morgan fingerprint density at radius 1 is 1.10 bits per heavy atom. The lowest BCUT2D eigenvalue weighted by Crippen LogP contribution is -2.12. The monoisotopic (exact) mass is 408 g/mol. The highest BCUT2D eigenvalue weighted by Gasteiger charge is 2.21. The van der Waals surface area contributed by atoms with Crippen molar-refractivity contribution in [2.45, 2.75) is 11.4 Å². The summed E-state index contributed by atoms with van der Waals surface area (Å²) in [4.78, 5) is 8.34. The highest BCUT2D eigenvalue weighted by atomic mass is 32.2. The minimum absolute atomic E-state index is 0.143. The maximum atomic E-state index is 13.3. The molecular weight excluding hydrogens is 388 g/mol. The van der Waals surface area contributed by atoms with E-state index in [0.29, 0.717) is 17.9 Å². The molecule has 0 aliphatic rings. The molecule has 7 nitrogen and oxygen atoms in total. The smallest absolute Gasteiger partial charge is 0.269 e. The summed E-state index contributed by atoms with van der Waals surface area (Å²) in [5.41, 5.74) is 3.24. The molecule has 4 aromatic rings. The van der Waals surface area contributed by atoms with Crippen molar-refractivity contribution in [1.29, 1.82) is 0 Å². The van der Waals surface area contributed by atoms with E-state index >= 15 is 0 Å². The zero-order valence-corrected chi connectivity index (χ0v) is 16.8. The van der Waals surface area contributed by atoms with Crippen molar-refractivity contribution in [2.75, 3.05) is 14.2 Å². The van der Waals surface area contributed by atoms with Crippen molar-refractivity contribution in [3.63, 3.8) is 0 Å². The van der Waals surface area contributed by atoms with Gasteiger partial charge in [-0.3, -0.25) is 4.98 Å². The van der Waals surface area contributed by atoms with Crippen LogP contribution < -0.4 is 10.1 Å². The van der Waals surface area contributed by atoms with Crippen molar-refractivity contribution in [1.82, 2.24) is 19.3 Å². The van der Waals surface area contributed by atoms with Gasteiger partial charge in [-0.05, 0) is 42.4 Å². The number of hydrogen-bond donors (Lipinski definition) is 1. The molecular formula is C21H20N4O3S. The van der Waals surface area contributed by atoms with Crippen LogP contribution in [-0.2, 0) is 16.6 Å². The summed E-state index contributed by atoms with van der Waals surface area (Å²) in [5, 5.41) is 3.97. The van der Waals surface area contributed by atoms with Gasteiger partial charge in [0.25, 0.3) is 10.0 Å². The van der Waals surface area contributed by atoms with Crippen molar-refractivity contribution in [2.24, 2.45) is 0 Å². The van der Waals surface area contributed by atoms with Crippen LogP contribution in [0.2, 0.25) is 0 Å². The molecule has 3 heterocycles. The lowest BCUT2D eigenvalue weighted by Gasteiger charge is -2.08. The minimum Gasteiger partial charge on any atom is -0.481 e. The van der Waals surface area contributed by atoms with E-state index in [1.54, 1.807) is 43.9 Å². The van der Waals surface area contributed by atoms with Crippen LogP contribution in [0.15, 0.2) is 72.1 Å². The van der Waals surface area contributed by atoms with E-state index in [2.05, 4.69) is 15.3 Å². The molecule has 0 aliphatic heterocycles. The average Bonchev–Trinajstić information content (AvgIpc) is 3.13. The van der Waals surface area contributed by atoms with Crippen LogP contribution in [0.3, 0.4) is 0 Å². The fraction of sp³-hybridized carbons (Fsp3) is 0.143. The van der Waals surface area contributed by atoms with Gasteiger partial charge >= 0.3 is 0 Å². The molecule has 8 heteroatoms. The SMILES string of the molecule is CNCc1cn(S(=O)(=O)c2cccnc2)c2cc(-c3ccc(OC)nc3)ccc12. The standard InChI is InChI=1S/C21H20N4O3S/c1-22-11-17-14-25(29(26,27)18-4-3-9-23-13-18)20-10-15(5-7-19(17)20)16-6-8-21(28-2)24-12-16/h3-10,12-14,22H,11H2,1-2H3. The van der Waals surface area contributed by atoms with Crippen molar-refractivity contribution in [3.8, 4) is 17.0 Å². The summed E-state index contributed by atoms with van der Waals surface area (Å²) in [7, 11) is -0.389. The first-order chi connectivity index (χ1) is 14.0. The van der Waals surface area contributed by atoms with Gasteiger partial charge in [-0.2, -0.15) is 0 Å². The maximum Gasteiger partial charge on any atom is 0.269 e. The van der Waals surface area contributed by atoms with E-state index in [-0.39, 0.29) is 4.90 Å². The van der Waals surface area contributed by atoms with Gasteiger partial charge in [0.2, 0.25) is 5.88 Å². The second kappa shape index (κ2) is 7.65. The number of aromatic nitrogens is 3. The fourth-order valence-corrected chi connectivity index (χ4v) is 4.61. The molecule has 29 heavy (non-hydrogen) atoms. The highest BCUT2D eigenvalue weighted by Crippen LogP contribution is 2.30. The third-order valence-electron chi connectivity index (χ3n) is 4.69. The van der Waals surface area contributed by atoms with Crippen LogP contribution in [0, 0.1) is 0 Å². The first kappa shape index (κ1) is 19.1. The van der Waals surface area contributed by atoms with Gasteiger partial charge in [-0.25, -0.2) is 17.4 Å². The summed E-state index contributed by atoms with van der Waals surface area (Å²) in [6.07, 6.45) is 6.28. The summed E-state index contributed by atoms with van der Waals surface area (Å²) >= 11 is 0. The predicted molar refractivity (Wildman–Crippen MR) is 111 cm³/mol. The summed E-state index contributed by atoms with van der Waals surface area (Å²) in [5.74, 6) is 0.522. The topological polar surface area (TPSA) is 86.1 Å². The first-order valence-electron chi connectivity index (χ1n) is 8.99. The van der Waals surface area contributed by atoms with Crippen molar-refractivity contribution in [3.05, 3.63) is 72.8 Å². The molecule has 1 aromatic carbocycles. The van der Waals surface area contributed by atoms with Crippen molar-refractivity contribution < 1.29 is 13.2 Å². The Kier molecular flexibility index (Phi) is 5.04. The molecule has 148 valence electrons. The number of rotatable bonds is 6. The van der Waals surface area contributed by atoms with Crippen LogP contribution in [0.4, 0.5) is 0 Å². The summed E-state index contributed by atoms with van der Waals surface area (Å²) in [6.45, 7) is 0.551. The Bertz CT molecular complexity index is 1250. The molecule has 1 N–H and O–H groups in total. The van der Waals surface area contributed by atoms with Gasteiger partial charge in [0.1, 0.15) is 4.90 Å². The number of hydrogen-bond acceptors (Lipinski definition) is 6. The molecule has 0 aliphatic carbocycles. The normalized spacial score (nSPS) is 11.7. The average molecular weight is 408 g/mol. The Balaban J connectivity index is 1.91. The van der Waals surface area contributed by atoms with Crippen LogP contribution in [-0.4, -0.2) is 36.5 Å². The second-order valence-corrected chi connectivity index (χ2v) is 8.31. The van der Waals surface area contributed by atoms with Crippen LogP contribution >= 0.6 is 0 Å². The van der Waals surface area contributed by atoms with E-state index in [0.717, 1.165) is 22.1 Å². The summed E-state index contributed by atoms with van der Waals surface area (Å²) in [6, 6.07) is 12.6. The van der Waals surface area contributed by atoms with Crippen molar-refractivity contribution >= 4 is 20.9 Å². The first-order valence-corrected chi connectivity index (χ1v) is 10.4. The molecule has 3 aromatic heterocycles. The number of fused-ring (bicyclic) bond motifs is 1. The molecule has 0 fully saturated rings. The quantitative estimate of drug-likeness (QED) is 0.528. The number of ether oxygens (including phenoxy) is 1. The molecule has 0 amide bonds. The van der Waals surface area contributed by atoms with Crippen LogP contribution in [0.1, 0.15) is 5.56 Å². The molecule has 4 rings (SSSR count). The van der Waals surface area contributed by atoms with Crippen LogP contribution in [0.5, 0.6) is 5.88 Å². The maximum absolute atomic E-state index is 13.3. The van der Waals surface area contributed by atoms with E-state index in [9.17, 15) is 8.42 Å². The molecule has 0 spiro atoms. The van der Waals surface area contributed by atoms with Gasteiger partial charge in [-0.1, -0.05) is 12.1 Å². The van der Waals surface area contributed by atoms with Gasteiger partial charge in [0.05, 0.1) is 12.6 Å². The Morgan fingerprint density at radius 3 is 2.59 bits per heavy atom. The second-order valence-electron chi connectivity index (χ2n) is 6.50. The van der Waals surface area contributed by atoms with Gasteiger partial charge in [0.15, 0.2) is 0 Å². The van der Waals surface area contributed by atoms with Gasteiger partial charge in [0, 0.05) is 48.3 Å². The Hall–Kier alpha value is -3.23. The Morgan fingerprint density at radius 2 is 1.93 bits per heavy atom.